The Kier molecular flexibility index (Phi) is 5.25. The standard InChI is InChI=1S/C15H19FO2S/c1-2-11-3-5-12(6-4-11)13-7-9-14(10-8-13)15(17)18-19-16/h3-6,13-14H,2,7-10H2,1H3. The summed E-state index contributed by atoms with van der Waals surface area (Å²) in [5.74, 6) is -0.0188. The number of aryl methyl sites for hydroxylation is 1. The first-order valence-electron chi connectivity index (χ1n) is 6.82. The average Bonchev–Trinajstić information content (AvgIpc) is 2.48. The SMILES string of the molecule is CCc1ccc(C2CCC(C(=O)OSF)CC2)cc1. The molecule has 1 saturated carbocycles. The molecule has 0 bridgehead atoms. The quantitative estimate of drug-likeness (QED) is 0.755. The minimum absolute atomic E-state index is 0.130. The van der Waals surface area contributed by atoms with Crippen LogP contribution in [0.1, 0.15) is 49.7 Å². The lowest BCUT2D eigenvalue weighted by atomic mass is 9.78. The van der Waals surface area contributed by atoms with Gasteiger partial charge in [0.25, 0.3) is 12.4 Å². The third kappa shape index (κ3) is 3.72. The minimum atomic E-state index is -0.410. The molecule has 0 aliphatic heterocycles. The molecule has 0 amide bonds. The number of benzene rings is 1. The second-order valence-corrected chi connectivity index (χ2v) is 5.40. The van der Waals surface area contributed by atoms with Crippen LogP contribution in [0.4, 0.5) is 3.89 Å². The van der Waals surface area contributed by atoms with E-state index in [1.807, 2.05) is 0 Å². The zero-order valence-corrected chi connectivity index (χ0v) is 11.9. The van der Waals surface area contributed by atoms with Gasteiger partial charge in [0.15, 0.2) is 0 Å². The maximum Gasteiger partial charge on any atom is 0.323 e. The van der Waals surface area contributed by atoms with E-state index in [9.17, 15) is 8.68 Å². The van der Waals surface area contributed by atoms with E-state index in [0.717, 1.165) is 32.1 Å². The molecular formula is C15H19FO2S. The summed E-state index contributed by atoms with van der Waals surface area (Å²) < 4.78 is 16.2. The molecule has 0 saturated heterocycles. The highest BCUT2D eigenvalue weighted by molar-refractivity contribution is 7.89. The molecule has 19 heavy (non-hydrogen) atoms. The number of rotatable bonds is 4. The van der Waals surface area contributed by atoms with Gasteiger partial charge in [-0.2, -0.15) is 0 Å². The van der Waals surface area contributed by atoms with Gasteiger partial charge in [-0.25, -0.2) is 0 Å². The van der Waals surface area contributed by atoms with Gasteiger partial charge in [-0.05, 0) is 49.1 Å². The van der Waals surface area contributed by atoms with Crippen LogP contribution >= 0.6 is 12.4 Å². The second kappa shape index (κ2) is 6.94. The summed E-state index contributed by atoms with van der Waals surface area (Å²) in [7, 11) is 0. The zero-order valence-electron chi connectivity index (χ0n) is 11.1. The van der Waals surface area contributed by atoms with E-state index in [1.54, 1.807) is 0 Å². The van der Waals surface area contributed by atoms with Crippen molar-refractivity contribution >= 4 is 18.4 Å². The summed E-state index contributed by atoms with van der Waals surface area (Å²) in [6, 6.07) is 8.74. The first-order valence-corrected chi connectivity index (χ1v) is 7.46. The normalized spacial score (nSPS) is 23.1. The Labute approximate surface area is 118 Å². The lowest BCUT2D eigenvalue weighted by Crippen LogP contribution is -2.21. The molecule has 1 aromatic carbocycles. The molecule has 1 aromatic rings. The number of hydrogen-bond donors (Lipinski definition) is 0. The Hall–Kier alpha value is -1.03. The maximum atomic E-state index is 11.9. The van der Waals surface area contributed by atoms with Gasteiger partial charge in [-0.1, -0.05) is 31.2 Å². The molecule has 1 aliphatic rings. The molecule has 104 valence electrons. The highest BCUT2D eigenvalue weighted by Gasteiger charge is 2.28. The molecule has 2 nitrogen and oxygen atoms in total. The Morgan fingerprint density at radius 2 is 1.89 bits per heavy atom. The Bertz CT molecular complexity index is 411. The van der Waals surface area contributed by atoms with Gasteiger partial charge in [0.2, 0.25) is 0 Å². The second-order valence-electron chi connectivity index (χ2n) is 5.11. The molecule has 0 N–H and O–H groups in total. The summed E-state index contributed by atoms with van der Waals surface area (Å²) >= 11 is -0.345. The number of hydrogen-bond acceptors (Lipinski definition) is 3. The molecule has 1 aliphatic carbocycles. The van der Waals surface area contributed by atoms with E-state index < -0.39 is 5.97 Å². The summed E-state index contributed by atoms with van der Waals surface area (Å²) in [5, 5.41) is 0. The molecule has 0 heterocycles. The van der Waals surface area contributed by atoms with Gasteiger partial charge in [-0.15, -0.1) is 3.89 Å². The van der Waals surface area contributed by atoms with Crippen LogP contribution in [0.3, 0.4) is 0 Å². The van der Waals surface area contributed by atoms with Crippen LogP contribution < -0.4 is 0 Å². The number of carbonyl (C=O) groups is 1. The van der Waals surface area contributed by atoms with E-state index in [2.05, 4.69) is 35.4 Å². The Morgan fingerprint density at radius 1 is 1.26 bits per heavy atom. The lowest BCUT2D eigenvalue weighted by Gasteiger charge is -2.27. The summed E-state index contributed by atoms with van der Waals surface area (Å²) in [4.78, 5) is 11.4. The van der Waals surface area contributed by atoms with Gasteiger partial charge in [0.05, 0.1) is 5.92 Å². The smallest absolute Gasteiger partial charge is 0.323 e. The molecule has 0 spiro atoms. The van der Waals surface area contributed by atoms with Crippen LogP contribution in [-0.4, -0.2) is 5.97 Å². The van der Waals surface area contributed by atoms with E-state index in [4.69, 9.17) is 0 Å². The maximum absolute atomic E-state index is 11.9. The summed E-state index contributed by atoms with van der Waals surface area (Å²) in [6.45, 7) is 2.15. The molecule has 0 atom stereocenters. The van der Waals surface area contributed by atoms with Gasteiger partial charge < -0.3 is 4.18 Å². The largest absolute Gasteiger partial charge is 0.360 e. The third-order valence-corrected chi connectivity index (χ3v) is 4.26. The highest BCUT2D eigenvalue weighted by atomic mass is 32.2. The summed E-state index contributed by atoms with van der Waals surface area (Å²) in [6.07, 6.45) is 4.59. The molecular weight excluding hydrogens is 263 g/mol. The van der Waals surface area contributed by atoms with E-state index in [1.165, 1.54) is 11.1 Å². The van der Waals surface area contributed by atoms with Crippen molar-refractivity contribution in [2.75, 3.05) is 0 Å². The minimum Gasteiger partial charge on any atom is -0.360 e. The summed E-state index contributed by atoms with van der Waals surface area (Å²) in [5.41, 5.74) is 2.70. The van der Waals surface area contributed by atoms with Gasteiger partial charge in [-0.3, -0.25) is 4.79 Å². The molecule has 2 rings (SSSR count). The van der Waals surface area contributed by atoms with Gasteiger partial charge in [0, 0.05) is 0 Å². The molecule has 0 aromatic heterocycles. The first-order chi connectivity index (χ1) is 9.24. The van der Waals surface area contributed by atoms with Crippen molar-refractivity contribution in [1.82, 2.24) is 0 Å². The van der Waals surface area contributed by atoms with Crippen LogP contribution in [-0.2, 0) is 15.4 Å². The van der Waals surface area contributed by atoms with Crippen LogP contribution in [0.15, 0.2) is 24.3 Å². The predicted molar refractivity (Wildman–Crippen MR) is 75.3 cm³/mol. The molecule has 0 radical (unpaired) electrons. The number of halogens is 1. The van der Waals surface area contributed by atoms with Crippen LogP contribution in [0.5, 0.6) is 0 Å². The van der Waals surface area contributed by atoms with Crippen LogP contribution in [0.25, 0.3) is 0 Å². The molecule has 0 unspecified atom stereocenters. The van der Waals surface area contributed by atoms with Crippen molar-refractivity contribution < 1.29 is 12.9 Å². The van der Waals surface area contributed by atoms with Crippen molar-refractivity contribution in [2.24, 2.45) is 5.92 Å². The molecule has 4 heteroatoms. The Balaban J connectivity index is 1.90. The lowest BCUT2D eigenvalue weighted by molar-refractivity contribution is -0.138. The van der Waals surface area contributed by atoms with Crippen LogP contribution in [0.2, 0.25) is 0 Å². The van der Waals surface area contributed by atoms with E-state index in [-0.39, 0.29) is 18.3 Å². The fourth-order valence-electron chi connectivity index (χ4n) is 2.79. The topological polar surface area (TPSA) is 26.3 Å². The fraction of sp³-hybridized carbons (Fsp3) is 0.533. The number of carbonyl (C=O) groups excluding carboxylic acids is 1. The van der Waals surface area contributed by atoms with E-state index in [0.29, 0.717) is 5.92 Å². The first kappa shape index (κ1) is 14.4. The zero-order chi connectivity index (χ0) is 13.7. The van der Waals surface area contributed by atoms with Crippen molar-refractivity contribution in [3.05, 3.63) is 35.4 Å². The predicted octanol–water partition coefficient (Wildman–Crippen LogP) is 4.60. The van der Waals surface area contributed by atoms with Crippen molar-refractivity contribution in [1.29, 1.82) is 0 Å². The van der Waals surface area contributed by atoms with Crippen molar-refractivity contribution in [3.63, 3.8) is 0 Å². The van der Waals surface area contributed by atoms with Crippen LogP contribution in [0, 0.1) is 5.92 Å². The van der Waals surface area contributed by atoms with Crippen molar-refractivity contribution in [2.45, 2.75) is 44.9 Å². The van der Waals surface area contributed by atoms with Crippen molar-refractivity contribution in [3.8, 4) is 0 Å². The van der Waals surface area contributed by atoms with Gasteiger partial charge in [0.1, 0.15) is 0 Å². The third-order valence-electron chi connectivity index (χ3n) is 4.03. The fourth-order valence-corrected chi connectivity index (χ4v) is 2.99. The highest BCUT2D eigenvalue weighted by Crippen LogP contribution is 2.36. The monoisotopic (exact) mass is 282 g/mol. The molecule has 1 fully saturated rings. The van der Waals surface area contributed by atoms with Gasteiger partial charge >= 0.3 is 5.97 Å². The van der Waals surface area contributed by atoms with E-state index >= 15 is 0 Å². The Morgan fingerprint density at radius 3 is 2.42 bits per heavy atom. The average molecular weight is 282 g/mol.